The first-order valence-corrected chi connectivity index (χ1v) is 14.6. The zero-order chi connectivity index (χ0) is 25.4. The summed E-state index contributed by atoms with van der Waals surface area (Å²) in [5.41, 5.74) is 3.41. The quantitative estimate of drug-likeness (QED) is 0.458. The normalized spacial score (nSPS) is 45.2. The van der Waals surface area contributed by atoms with Gasteiger partial charge in [0, 0.05) is 6.42 Å². The largest absolute Gasteiger partial charge is 0.393 e. The highest BCUT2D eigenvalue weighted by Gasteiger charge is 2.65. The number of rotatable bonds is 4. The second-order valence-corrected chi connectivity index (χ2v) is 13.7. The topological polar surface area (TPSA) is 89.4 Å². The van der Waals surface area contributed by atoms with E-state index in [0.29, 0.717) is 29.6 Å². The van der Waals surface area contributed by atoms with E-state index in [9.17, 15) is 15.3 Å². The van der Waals surface area contributed by atoms with E-state index < -0.39 is 0 Å². The predicted octanol–water partition coefficient (Wildman–Crippen LogP) is 5.40. The molecular weight excluding hydrogens is 448 g/mol. The van der Waals surface area contributed by atoms with Crippen LogP contribution in [0.25, 0.3) is 11.0 Å². The Hall–Kier alpha value is -1.43. The summed E-state index contributed by atoms with van der Waals surface area (Å²) in [7, 11) is 0. The van der Waals surface area contributed by atoms with E-state index in [0.717, 1.165) is 74.6 Å². The summed E-state index contributed by atoms with van der Waals surface area (Å²) >= 11 is 0. The summed E-state index contributed by atoms with van der Waals surface area (Å²) in [4.78, 5) is 8.41. The van der Waals surface area contributed by atoms with Crippen LogP contribution in [-0.2, 0) is 6.42 Å². The molecule has 1 unspecified atom stereocenters. The number of aliphatic hydroxyl groups is 3. The molecule has 0 spiro atoms. The third-order valence-electron chi connectivity index (χ3n) is 12.1. The zero-order valence-electron chi connectivity index (χ0n) is 22.6. The van der Waals surface area contributed by atoms with Crippen molar-refractivity contribution in [1.29, 1.82) is 0 Å². The van der Waals surface area contributed by atoms with Crippen molar-refractivity contribution in [1.82, 2.24) is 9.97 Å². The maximum atomic E-state index is 11.8. The van der Waals surface area contributed by atoms with Gasteiger partial charge >= 0.3 is 0 Å². The van der Waals surface area contributed by atoms with Crippen molar-refractivity contribution in [3.8, 4) is 0 Å². The molecule has 4 saturated carbocycles. The molecular formula is C31H46N2O3. The molecule has 4 aliphatic carbocycles. The van der Waals surface area contributed by atoms with Gasteiger partial charge in [0.2, 0.25) is 0 Å². The van der Waals surface area contributed by atoms with Crippen LogP contribution in [0, 0.1) is 53.3 Å². The van der Waals surface area contributed by atoms with Gasteiger partial charge in [-0.15, -0.1) is 0 Å². The number of hydrogen-bond donors (Lipinski definition) is 4. The van der Waals surface area contributed by atoms with E-state index in [1.54, 1.807) is 0 Å². The molecule has 1 heterocycles. The molecule has 4 N–H and O–H groups in total. The molecule has 36 heavy (non-hydrogen) atoms. The van der Waals surface area contributed by atoms with E-state index in [4.69, 9.17) is 4.98 Å². The monoisotopic (exact) mass is 494 g/mol. The van der Waals surface area contributed by atoms with E-state index >= 15 is 0 Å². The third kappa shape index (κ3) is 3.63. The number of H-pyrrole nitrogens is 1. The van der Waals surface area contributed by atoms with Gasteiger partial charge in [0.25, 0.3) is 0 Å². The van der Waals surface area contributed by atoms with Gasteiger partial charge < -0.3 is 20.3 Å². The number of nitrogens with one attached hydrogen (secondary N) is 1. The molecule has 4 fully saturated rings. The molecule has 5 heteroatoms. The summed E-state index contributed by atoms with van der Waals surface area (Å²) < 4.78 is 0. The summed E-state index contributed by atoms with van der Waals surface area (Å²) in [5.74, 6) is 3.43. The summed E-state index contributed by atoms with van der Waals surface area (Å²) in [5, 5.41) is 33.6. The van der Waals surface area contributed by atoms with Crippen molar-refractivity contribution in [2.45, 2.75) is 104 Å². The molecule has 0 radical (unpaired) electrons. The van der Waals surface area contributed by atoms with Gasteiger partial charge in [-0.1, -0.05) is 32.9 Å². The Morgan fingerprint density at radius 3 is 2.64 bits per heavy atom. The Kier molecular flexibility index (Phi) is 6.09. The first-order valence-electron chi connectivity index (χ1n) is 14.6. The Bertz CT molecular complexity index is 1110. The van der Waals surface area contributed by atoms with Crippen LogP contribution in [0.2, 0.25) is 0 Å². The number of imidazole rings is 1. The van der Waals surface area contributed by atoms with Crippen molar-refractivity contribution in [2.24, 2.45) is 46.3 Å². The van der Waals surface area contributed by atoms with Gasteiger partial charge in [-0.05, 0) is 116 Å². The van der Waals surface area contributed by atoms with Gasteiger partial charge in [0.15, 0.2) is 0 Å². The SMILES string of the molecule is Cc1cccc2[nH]c(CCC(C)[C@H]3CC[C@H]4[C@@H]5[C@H](O)C[C@@H]6C[C@H](O)CC[C@]6(C)[C@H]5C[C@H](O)[C@]34C)nc12. The average Bonchev–Trinajstić information content (AvgIpc) is 3.42. The number of aromatic amines is 1. The molecule has 0 amide bonds. The van der Waals surface area contributed by atoms with Crippen molar-refractivity contribution in [3.63, 3.8) is 0 Å². The lowest BCUT2D eigenvalue weighted by molar-refractivity contribution is -0.207. The fourth-order valence-electron chi connectivity index (χ4n) is 10.0. The molecule has 0 saturated heterocycles. The van der Waals surface area contributed by atoms with Crippen LogP contribution in [0.5, 0.6) is 0 Å². The van der Waals surface area contributed by atoms with Gasteiger partial charge in [0.05, 0.1) is 29.3 Å². The second kappa shape index (κ2) is 8.81. The molecule has 2 aromatic rings. The number of aromatic nitrogens is 2. The van der Waals surface area contributed by atoms with Crippen LogP contribution in [0.3, 0.4) is 0 Å². The first-order chi connectivity index (χ1) is 17.1. The number of aryl methyl sites for hydroxylation is 2. The van der Waals surface area contributed by atoms with Gasteiger partial charge in [0.1, 0.15) is 5.82 Å². The minimum atomic E-state index is -0.317. The van der Waals surface area contributed by atoms with Crippen LogP contribution in [0.1, 0.15) is 83.5 Å². The minimum Gasteiger partial charge on any atom is -0.393 e. The standard InChI is InChI=1S/C31H46N2O3/c1-17(8-11-27-32-24-7-5-6-18(2)29(24)33-27)21-9-10-22-28-23(16-26(36)31(21,22)4)30(3)13-12-20(34)14-19(30)15-25(28)35/h5-7,17,19-23,25-26,28,34-36H,8-16H2,1-4H3,(H,32,33)/t17?,19-,20+,21+,22-,23-,25+,26-,28-,30-,31+/m0/s1. The fraction of sp³-hybridized carbons (Fsp3) is 0.774. The Balaban J connectivity index is 1.21. The van der Waals surface area contributed by atoms with Crippen molar-refractivity contribution >= 4 is 11.0 Å². The second-order valence-electron chi connectivity index (χ2n) is 13.7. The molecule has 0 bridgehead atoms. The Morgan fingerprint density at radius 2 is 1.86 bits per heavy atom. The van der Waals surface area contributed by atoms with Crippen molar-refractivity contribution < 1.29 is 15.3 Å². The lowest BCUT2D eigenvalue weighted by atomic mass is 9.43. The summed E-state index contributed by atoms with van der Waals surface area (Å²) in [6.45, 7) is 9.25. The molecule has 1 aromatic carbocycles. The Morgan fingerprint density at radius 1 is 1.06 bits per heavy atom. The number of nitrogens with zero attached hydrogens (tertiary/aromatic N) is 1. The van der Waals surface area contributed by atoms with E-state index in [-0.39, 0.29) is 35.1 Å². The molecule has 11 atom stereocenters. The molecule has 6 rings (SSSR count). The lowest BCUT2D eigenvalue weighted by Crippen LogP contribution is -2.62. The zero-order valence-corrected chi connectivity index (χ0v) is 22.6. The van der Waals surface area contributed by atoms with Gasteiger partial charge in [-0.2, -0.15) is 0 Å². The molecule has 4 aliphatic rings. The van der Waals surface area contributed by atoms with Crippen LogP contribution >= 0.6 is 0 Å². The molecule has 0 aliphatic heterocycles. The lowest BCUT2D eigenvalue weighted by Gasteiger charge is -2.63. The number of benzene rings is 1. The number of fused-ring (bicyclic) bond motifs is 6. The van der Waals surface area contributed by atoms with Crippen molar-refractivity contribution in [3.05, 3.63) is 29.6 Å². The minimum absolute atomic E-state index is 0.133. The van der Waals surface area contributed by atoms with E-state index in [2.05, 4.69) is 50.9 Å². The number of hydrogen-bond acceptors (Lipinski definition) is 4. The highest BCUT2D eigenvalue weighted by Crippen LogP contribution is 2.68. The average molecular weight is 495 g/mol. The van der Waals surface area contributed by atoms with Crippen LogP contribution < -0.4 is 0 Å². The van der Waals surface area contributed by atoms with E-state index in [1.165, 1.54) is 5.56 Å². The summed E-state index contributed by atoms with van der Waals surface area (Å²) in [6, 6.07) is 6.30. The molecule has 198 valence electrons. The first kappa shape index (κ1) is 24.9. The maximum absolute atomic E-state index is 11.8. The number of aliphatic hydroxyl groups excluding tert-OH is 3. The van der Waals surface area contributed by atoms with Crippen LogP contribution in [-0.4, -0.2) is 43.6 Å². The predicted molar refractivity (Wildman–Crippen MR) is 142 cm³/mol. The highest BCUT2D eigenvalue weighted by molar-refractivity contribution is 5.78. The highest BCUT2D eigenvalue weighted by atomic mass is 16.3. The Labute approximate surface area is 216 Å². The van der Waals surface area contributed by atoms with Gasteiger partial charge in [-0.25, -0.2) is 4.98 Å². The molecule has 1 aromatic heterocycles. The number of para-hydroxylation sites is 1. The smallest absolute Gasteiger partial charge is 0.107 e. The maximum Gasteiger partial charge on any atom is 0.107 e. The van der Waals surface area contributed by atoms with Crippen LogP contribution in [0.15, 0.2) is 18.2 Å². The summed E-state index contributed by atoms with van der Waals surface area (Å²) in [6.07, 6.45) is 7.75. The van der Waals surface area contributed by atoms with E-state index in [1.807, 2.05) is 0 Å². The van der Waals surface area contributed by atoms with Gasteiger partial charge in [-0.3, -0.25) is 0 Å². The fourth-order valence-corrected chi connectivity index (χ4v) is 10.0. The third-order valence-corrected chi connectivity index (χ3v) is 12.1. The van der Waals surface area contributed by atoms with Crippen molar-refractivity contribution in [2.75, 3.05) is 0 Å². The van der Waals surface area contributed by atoms with Crippen LogP contribution in [0.4, 0.5) is 0 Å². The molecule has 5 nitrogen and oxygen atoms in total.